The molecule has 0 fully saturated rings. The first-order valence-corrected chi connectivity index (χ1v) is 5.67. The van der Waals surface area contributed by atoms with Crippen LogP contribution in [0.4, 0.5) is 0 Å². The second-order valence-corrected chi connectivity index (χ2v) is 3.98. The van der Waals surface area contributed by atoms with Gasteiger partial charge in [0.15, 0.2) is 0 Å². The molecular formula is C10H11ClO2S. The highest BCUT2D eigenvalue weighted by molar-refractivity contribution is 7.98. The minimum absolute atomic E-state index is 0.252. The molecule has 0 heterocycles. The van der Waals surface area contributed by atoms with E-state index in [1.807, 2.05) is 18.4 Å². The normalized spacial score (nSPS) is 9.93. The van der Waals surface area contributed by atoms with Gasteiger partial charge in [-0.25, -0.2) is 0 Å². The molecule has 0 aliphatic rings. The fraction of sp³-hybridized carbons (Fsp3) is 0.300. The SMILES string of the molecule is COC(=O)Cc1ccc(SC)c(Cl)c1. The number of hydrogen-bond donors (Lipinski definition) is 0. The van der Waals surface area contributed by atoms with E-state index in [1.165, 1.54) is 7.11 Å². The van der Waals surface area contributed by atoms with E-state index < -0.39 is 0 Å². The van der Waals surface area contributed by atoms with Crippen molar-refractivity contribution in [1.29, 1.82) is 0 Å². The van der Waals surface area contributed by atoms with Crippen molar-refractivity contribution in [3.63, 3.8) is 0 Å². The molecule has 0 saturated heterocycles. The maximum atomic E-state index is 11.0. The van der Waals surface area contributed by atoms with Crippen LogP contribution in [0.3, 0.4) is 0 Å². The van der Waals surface area contributed by atoms with Crippen LogP contribution in [0.2, 0.25) is 5.02 Å². The standard InChI is InChI=1S/C10H11ClO2S/c1-13-10(12)6-7-3-4-9(14-2)8(11)5-7/h3-5H,6H2,1-2H3. The van der Waals surface area contributed by atoms with Gasteiger partial charge in [0, 0.05) is 4.90 Å². The van der Waals surface area contributed by atoms with Crippen molar-refractivity contribution in [1.82, 2.24) is 0 Å². The molecule has 0 amide bonds. The number of hydrogen-bond acceptors (Lipinski definition) is 3. The number of halogens is 1. The van der Waals surface area contributed by atoms with Gasteiger partial charge >= 0.3 is 5.97 Å². The van der Waals surface area contributed by atoms with Gasteiger partial charge in [0.05, 0.1) is 18.6 Å². The van der Waals surface area contributed by atoms with Crippen molar-refractivity contribution >= 4 is 29.3 Å². The van der Waals surface area contributed by atoms with Gasteiger partial charge in [-0.1, -0.05) is 17.7 Å². The number of rotatable bonds is 3. The third kappa shape index (κ3) is 2.93. The second-order valence-electron chi connectivity index (χ2n) is 2.72. The van der Waals surface area contributed by atoms with Crippen LogP contribution in [-0.4, -0.2) is 19.3 Å². The number of carbonyl (C=O) groups is 1. The highest BCUT2D eigenvalue weighted by Crippen LogP contribution is 2.26. The summed E-state index contributed by atoms with van der Waals surface area (Å²) < 4.78 is 4.56. The third-order valence-electron chi connectivity index (χ3n) is 1.79. The largest absolute Gasteiger partial charge is 0.469 e. The summed E-state index contributed by atoms with van der Waals surface area (Å²) in [4.78, 5) is 12.0. The van der Waals surface area contributed by atoms with Crippen LogP contribution in [0.1, 0.15) is 5.56 Å². The van der Waals surface area contributed by atoms with Crippen molar-refractivity contribution in [3.8, 4) is 0 Å². The summed E-state index contributed by atoms with van der Waals surface area (Å²) in [7, 11) is 1.38. The Hall–Kier alpha value is -0.670. The molecule has 0 radical (unpaired) electrons. The molecular weight excluding hydrogens is 220 g/mol. The lowest BCUT2D eigenvalue weighted by molar-refractivity contribution is -0.139. The smallest absolute Gasteiger partial charge is 0.309 e. The monoisotopic (exact) mass is 230 g/mol. The average Bonchev–Trinajstić information content (AvgIpc) is 2.18. The zero-order valence-corrected chi connectivity index (χ0v) is 9.61. The molecule has 0 aliphatic carbocycles. The Balaban J connectivity index is 2.81. The van der Waals surface area contributed by atoms with Crippen molar-refractivity contribution in [2.24, 2.45) is 0 Å². The van der Waals surface area contributed by atoms with E-state index in [1.54, 1.807) is 17.8 Å². The van der Waals surface area contributed by atoms with E-state index in [2.05, 4.69) is 4.74 Å². The second kappa shape index (κ2) is 5.27. The minimum atomic E-state index is -0.252. The van der Waals surface area contributed by atoms with Gasteiger partial charge in [-0.15, -0.1) is 11.8 Å². The molecule has 0 aromatic heterocycles. The van der Waals surface area contributed by atoms with Crippen LogP contribution in [0.5, 0.6) is 0 Å². The Labute approximate surface area is 92.6 Å². The zero-order chi connectivity index (χ0) is 10.6. The number of carbonyl (C=O) groups excluding carboxylic acids is 1. The van der Waals surface area contributed by atoms with Gasteiger partial charge in [0.25, 0.3) is 0 Å². The Morgan fingerprint density at radius 2 is 2.29 bits per heavy atom. The quantitative estimate of drug-likeness (QED) is 0.590. The van der Waals surface area contributed by atoms with Crippen molar-refractivity contribution in [3.05, 3.63) is 28.8 Å². The van der Waals surface area contributed by atoms with E-state index in [0.717, 1.165) is 10.5 Å². The van der Waals surface area contributed by atoms with Crippen molar-refractivity contribution in [2.75, 3.05) is 13.4 Å². The van der Waals surface area contributed by atoms with Crippen LogP contribution in [-0.2, 0) is 16.0 Å². The molecule has 76 valence electrons. The molecule has 0 spiro atoms. The Kier molecular flexibility index (Phi) is 4.29. The summed E-state index contributed by atoms with van der Waals surface area (Å²) in [6, 6.07) is 5.59. The van der Waals surface area contributed by atoms with Crippen LogP contribution in [0, 0.1) is 0 Å². The van der Waals surface area contributed by atoms with E-state index in [4.69, 9.17) is 11.6 Å². The lowest BCUT2D eigenvalue weighted by Crippen LogP contribution is -2.04. The molecule has 1 rings (SSSR count). The predicted octanol–water partition coefficient (Wildman–Crippen LogP) is 2.78. The maximum Gasteiger partial charge on any atom is 0.309 e. The molecule has 14 heavy (non-hydrogen) atoms. The fourth-order valence-corrected chi connectivity index (χ4v) is 1.95. The van der Waals surface area contributed by atoms with E-state index in [9.17, 15) is 4.79 Å². The summed E-state index contributed by atoms with van der Waals surface area (Å²) in [5, 5.41) is 0.680. The van der Waals surface area contributed by atoms with E-state index >= 15 is 0 Å². The van der Waals surface area contributed by atoms with Crippen LogP contribution >= 0.6 is 23.4 Å². The number of ether oxygens (including phenoxy) is 1. The predicted molar refractivity (Wildman–Crippen MR) is 59.0 cm³/mol. The summed E-state index contributed by atoms with van der Waals surface area (Å²) in [5.41, 5.74) is 0.875. The Morgan fingerprint density at radius 1 is 1.57 bits per heavy atom. The lowest BCUT2D eigenvalue weighted by Gasteiger charge is -2.03. The van der Waals surface area contributed by atoms with Crippen LogP contribution < -0.4 is 0 Å². The van der Waals surface area contributed by atoms with E-state index in [0.29, 0.717) is 5.02 Å². The first-order chi connectivity index (χ1) is 6.67. The van der Waals surface area contributed by atoms with Gasteiger partial charge in [-0.2, -0.15) is 0 Å². The average molecular weight is 231 g/mol. The molecule has 2 nitrogen and oxygen atoms in total. The van der Waals surface area contributed by atoms with Crippen LogP contribution in [0.25, 0.3) is 0 Å². The highest BCUT2D eigenvalue weighted by atomic mass is 35.5. The number of methoxy groups -OCH3 is 1. The molecule has 1 aromatic carbocycles. The molecule has 1 aromatic rings. The zero-order valence-electron chi connectivity index (χ0n) is 8.04. The maximum absolute atomic E-state index is 11.0. The van der Waals surface area contributed by atoms with Crippen molar-refractivity contribution in [2.45, 2.75) is 11.3 Å². The number of thioether (sulfide) groups is 1. The molecule has 0 unspecified atom stereocenters. The first kappa shape index (κ1) is 11.4. The highest BCUT2D eigenvalue weighted by Gasteiger charge is 2.05. The number of esters is 1. The molecule has 0 aliphatic heterocycles. The Bertz CT molecular complexity index is 339. The fourth-order valence-electron chi connectivity index (χ4n) is 1.06. The summed E-state index contributed by atoms with van der Waals surface area (Å²) in [5.74, 6) is -0.252. The summed E-state index contributed by atoms with van der Waals surface area (Å²) >= 11 is 7.56. The first-order valence-electron chi connectivity index (χ1n) is 4.06. The summed E-state index contributed by atoms with van der Waals surface area (Å²) in [6.07, 6.45) is 2.23. The topological polar surface area (TPSA) is 26.3 Å². The molecule has 4 heteroatoms. The van der Waals surface area contributed by atoms with Gasteiger partial charge in [0.2, 0.25) is 0 Å². The van der Waals surface area contributed by atoms with Gasteiger partial charge in [-0.05, 0) is 24.0 Å². The molecule has 0 bridgehead atoms. The third-order valence-corrected chi connectivity index (χ3v) is 3.01. The number of benzene rings is 1. The molecule has 0 atom stereocenters. The molecule has 0 saturated carbocycles. The van der Waals surface area contributed by atoms with E-state index in [-0.39, 0.29) is 12.4 Å². The van der Waals surface area contributed by atoms with Crippen LogP contribution in [0.15, 0.2) is 23.1 Å². The van der Waals surface area contributed by atoms with Gasteiger partial charge in [-0.3, -0.25) is 4.79 Å². The van der Waals surface area contributed by atoms with Crippen molar-refractivity contribution < 1.29 is 9.53 Å². The molecule has 0 N–H and O–H groups in total. The van der Waals surface area contributed by atoms with Gasteiger partial charge in [0.1, 0.15) is 0 Å². The Morgan fingerprint density at radius 3 is 2.79 bits per heavy atom. The van der Waals surface area contributed by atoms with Gasteiger partial charge < -0.3 is 4.74 Å². The minimum Gasteiger partial charge on any atom is -0.469 e. The summed E-state index contributed by atoms with van der Waals surface area (Å²) in [6.45, 7) is 0. The lowest BCUT2D eigenvalue weighted by atomic mass is 10.1.